The number of likely N-dealkylation sites (N-methyl/N-ethyl adjacent to an activating group) is 1. The van der Waals surface area contributed by atoms with Crippen molar-refractivity contribution in [2.45, 2.75) is 32.3 Å². The first kappa shape index (κ1) is 27.6. The van der Waals surface area contributed by atoms with Gasteiger partial charge in [-0.2, -0.15) is 0 Å². The lowest BCUT2D eigenvalue weighted by Crippen LogP contribution is -2.44. The van der Waals surface area contributed by atoms with E-state index in [9.17, 15) is 29.4 Å². The molecule has 0 saturated carbocycles. The minimum absolute atomic E-state index is 0.00278. The predicted octanol–water partition coefficient (Wildman–Crippen LogP) is 2.56. The van der Waals surface area contributed by atoms with E-state index in [2.05, 4.69) is 4.74 Å². The normalized spacial score (nSPS) is 13.1. The van der Waals surface area contributed by atoms with Crippen molar-refractivity contribution in [2.75, 3.05) is 26.2 Å². The zero-order valence-electron chi connectivity index (χ0n) is 17.7. The van der Waals surface area contributed by atoms with E-state index in [1.807, 2.05) is 18.7 Å². The number of hydrogen-bond donors (Lipinski definition) is 2. The maximum atomic E-state index is 12.0. The van der Waals surface area contributed by atoms with Crippen LogP contribution in [0.5, 0.6) is 0 Å². The number of carboxylic acids is 1. The Morgan fingerprint density at radius 3 is 2.28 bits per heavy atom. The number of hydrogen-bond acceptors (Lipinski definition) is 8. The number of aliphatic carboxylic acids is 1. The molecule has 0 aliphatic heterocycles. The first-order valence-electron chi connectivity index (χ1n) is 9.72. The van der Waals surface area contributed by atoms with Gasteiger partial charge in [-0.1, -0.05) is 43.1 Å². The molecule has 32 heavy (non-hydrogen) atoms. The minimum Gasteiger partial charge on any atom is -0.479 e. The summed E-state index contributed by atoms with van der Waals surface area (Å²) in [5.74, 6) is -5.28. The van der Waals surface area contributed by atoms with Gasteiger partial charge in [-0.25, -0.2) is 9.59 Å². The van der Waals surface area contributed by atoms with Gasteiger partial charge in [0.1, 0.15) is 6.61 Å². The summed E-state index contributed by atoms with van der Waals surface area (Å²) in [6, 6.07) is 4.52. The van der Waals surface area contributed by atoms with Gasteiger partial charge in [0.15, 0.2) is 5.60 Å². The van der Waals surface area contributed by atoms with Crippen molar-refractivity contribution < 1.29 is 38.9 Å². The molecule has 0 fully saturated rings. The molecule has 0 radical (unpaired) electrons. The first-order chi connectivity index (χ1) is 15.0. The summed E-state index contributed by atoms with van der Waals surface area (Å²) in [5, 5.41) is 20.2. The molecule has 11 heteroatoms. The first-order valence-corrected chi connectivity index (χ1v) is 10.5. The molecule has 1 aromatic carbocycles. The summed E-state index contributed by atoms with van der Waals surface area (Å²) >= 11 is 11.7. The molecule has 0 aromatic heterocycles. The summed E-state index contributed by atoms with van der Waals surface area (Å²) in [5.41, 5.74) is -2.36. The molecule has 1 atom stereocenters. The Morgan fingerprint density at radius 2 is 1.72 bits per heavy atom. The van der Waals surface area contributed by atoms with E-state index in [1.54, 1.807) is 0 Å². The average Bonchev–Trinajstić information content (AvgIpc) is 2.70. The van der Waals surface area contributed by atoms with E-state index >= 15 is 0 Å². The van der Waals surface area contributed by atoms with Crippen LogP contribution in [0.15, 0.2) is 24.3 Å². The van der Waals surface area contributed by atoms with Crippen molar-refractivity contribution in [3.63, 3.8) is 0 Å². The maximum Gasteiger partial charge on any atom is 0.338 e. The molecular formula is C21H25Cl2NO8. The van der Waals surface area contributed by atoms with Gasteiger partial charge in [0.05, 0.1) is 12.8 Å². The Balaban J connectivity index is 2.64. The average molecular weight is 490 g/mol. The highest BCUT2D eigenvalue weighted by molar-refractivity contribution is 6.35. The largest absolute Gasteiger partial charge is 0.479 e. The summed E-state index contributed by atoms with van der Waals surface area (Å²) in [4.78, 5) is 49.1. The number of rotatable bonds is 12. The highest BCUT2D eigenvalue weighted by Crippen LogP contribution is 2.22. The Kier molecular flexibility index (Phi) is 11.3. The molecule has 0 amide bonds. The number of aliphatic hydroxyl groups is 1. The van der Waals surface area contributed by atoms with Gasteiger partial charge in [-0.05, 0) is 36.9 Å². The fourth-order valence-electron chi connectivity index (χ4n) is 2.55. The van der Waals surface area contributed by atoms with Gasteiger partial charge < -0.3 is 24.6 Å². The molecule has 0 bridgehead atoms. The molecule has 0 aliphatic rings. The lowest BCUT2D eigenvalue weighted by atomic mass is 9.96. The highest BCUT2D eigenvalue weighted by atomic mass is 35.5. The van der Waals surface area contributed by atoms with Gasteiger partial charge in [0.2, 0.25) is 0 Å². The van der Waals surface area contributed by atoms with Crippen molar-refractivity contribution in [2.24, 2.45) is 0 Å². The standard InChI is InChI=1S/C21H25Cl2NO8/c1-3-24(4-2)9-10-31-18(26)12-21(30,20(28)29)13-19(27)32-17(25)8-6-14-5-7-15(22)11-16(14)23/h5-8,11,30H,3-4,9-10,12-13H2,1-2H3,(H,28,29)/b8-6+. The number of ether oxygens (including phenoxy) is 2. The third-order valence-electron chi connectivity index (χ3n) is 4.41. The number of carboxylic acid groups (broad SMARTS) is 1. The molecule has 2 N–H and O–H groups in total. The quantitative estimate of drug-likeness (QED) is 0.258. The fraction of sp³-hybridized carbons (Fsp3) is 0.429. The molecule has 0 saturated heterocycles. The van der Waals surface area contributed by atoms with Crippen LogP contribution < -0.4 is 0 Å². The van der Waals surface area contributed by atoms with Crippen LogP contribution in [-0.4, -0.2) is 70.8 Å². The van der Waals surface area contributed by atoms with Crippen LogP contribution in [0.4, 0.5) is 0 Å². The number of benzene rings is 1. The Morgan fingerprint density at radius 1 is 1.09 bits per heavy atom. The smallest absolute Gasteiger partial charge is 0.338 e. The van der Waals surface area contributed by atoms with Crippen LogP contribution in [0, 0.1) is 0 Å². The molecule has 1 rings (SSSR count). The van der Waals surface area contributed by atoms with Crippen molar-refractivity contribution in [1.29, 1.82) is 0 Å². The molecule has 0 aliphatic carbocycles. The molecule has 0 heterocycles. The monoisotopic (exact) mass is 489 g/mol. The maximum absolute atomic E-state index is 12.0. The van der Waals surface area contributed by atoms with E-state index in [0.29, 0.717) is 17.1 Å². The van der Waals surface area contributed by atoms with E-state index < -0.39 is 42.3 Å². The second kappa shape index (κ2) is 13.2. The summed E-state index contributed by atoms with van der Waals surface area (Å²) < 4.78 is 9.42. The lowest BCUT2D eigenvalue weighted by Gasteiger charge is -2.22. The number of carbonyl (C=O) groups is 4. The number of carbonyl (C=O) groups excluding carboxylic acids is 3. The van der Waals surface area contributed by atoms with Gasteiger partial charge in [0.25, 0.3) is 0 Å². The molecular weight excluding hydrogens is 465 g/mol. The third kappa shape index (κ3) is 9.35. The van der Waals surface area contributed by atoms with Crippen LogP contribution in [0.2, 0.25) is 10.0 Å². The van der Waals surface area contributed by atoms with Crippen LogP contribution in [0.3, 0.4) is 0 Å². The van der Waals surface area contributed by atoms with Crippen LogP contribution >= 0.6 is 23.2 Å². The SMILES string of the molecule is CCN(CC)CCOC(=O)CC(O)(CC(=O)OC(=O)/C=C/c1ccc(Cl)cc1Cl)C(=O)O. The van der Waals surface area contributed by atoms with Crippen LogP contribution in [0.1, 0.15) is 32.3 Å². The molecule has 1 aromatic rings. The fourth-order valence-corrected chi connectivity index (χ4v) is 3.02. The lowest BCUT2D eigenvalue weighted by molar-refractivity contribution is -0.174. The van der Waals surface area contributed by atoms with Crippen molar-refractivity contribution in [3.05, 3.63) is 39.9 Å². The number of nitrogens with zero attached hydrogens (tertiary/aromatic N) is 1. The Bertz CT molecular complexity index is 869. The van der Waals surface area contributed by atoms with E-state index in [1.165, 1.54) is 24.3 Å². The zero-order valence-corrected chi connectivity index (χ0v) is 19.2. The van der Waals surface area contributed by atoms with Crippen LogP contribution in [-0.2, 0) is 28.7 Å². The Labute approximate surface area is 195 Å². The predicted molar refractivity (Wildman–Crippen MR) is 117 cm³/mol. The summed E-state index contributed by atoms with van der Waals surface area (Å²) in [6.45, 7) is 5.78. The molecule has 1 unspecified atom stereocenters. The van der Waals surface area contributed by atoms with Gasteiger partial charge in [0, 0.05) is 22.7 Å². The van der Waals surface area contributed by atoms with Gasteiger partial charge in [-0.3, -0.25) is 9.59 Å². The highest BCUT2D eigenvalue weighted by Gasteiger charge is 2.42. The number of halogens is 2. The zero-order chi connectivity index (χ0) is 24.3. The summed E-state index contributed by atoms with van der Waals surface area (Å²) in [7, 11) is 0. The van der Waals surface area contributed by atoms with E-state index in [-0.39, 0.29) is 11.6 Å². The topological polar surface area (TPSA) is 130 Å². The number of esters is 3. The second-order valence-corrected chi connectivity index (χ2v) is 7.57. The van der Waals surface area contributed by atoms with Crippen LogP contribution in [0.25, 0.3) is 6.08 Å². The van der Waals surface area contributed by atoms with Crippen molar-refractivity contribution in [3.8, 4) is 0 Å². The van der Waals surface area contributed by atoms with Gasteiger partial charge in [-0.15, -0.1) is 0 Å². The molecule has 0 spiro atoms. The van der Waals surface area contributed by atoms with Crippen molar-refractivity contribution in [1.82, 2.24) is 4.90 Å². The van der Waals surface area contributed by atoms with E-state index in [4.69, 9.17) is 27.9 Å². The van der Waals surface area contributed by atoms with Crippen molar-refractivity contribution >= 4 is 53.2 Å². The molecule has 176 valence electrons. The third-order valence-corrected chi connectivity index (χ3v) is 4.97. The van der Waals surface area contributed by atoms with Gasteiger partial charge >= 0.3 is 23.9 Å². The van der Waals surface area contributed by atoms with E-state index in [0.717, 1.165) is 19.2 Å². The Hall–Kier alpha value is -2.46. The minimum atomic E-state index is -2.78. The molecule has 9 nitrogen and oxygen atoms in total. The summed E-state index contributed by atoms with van der Waals surface area (Å²) in [6.07, 6.45) is 0.0497. The second-order valence-electron chi connectivity index (χ2n) is 6.73.